The molecule has 0 aliphatic carbocycles. The number of nitrogens with zero attached hydrogens (tertiary/aromatic N) is 1. The second-order valence-electron chi connectivity index (χ2n) is 11.2. The van der Waals surface area contributed by atoms with Gasteiger partial charge in [-0.2, -0.15) is 0 Å². The summed E-state index contributed by atoms with van der Waals surface area (Å²) in [5, 5.41) is 0. The molecule has 1 aliphatic rings. The van der Waals surface area contributed by atoms with Gasteiger partial charge in [-0.15, -0.1) is 0 Å². The molecule has 2 aromatic rings. The fourth-order valence-electron chi connectivity index (χ4n) is 5.57. The van der Waals surface area contributed by atoms with E-state index in [2.05, 4.69) is 51.1 Å². The molecule has 0 spiro atoms. The minimum absolute atomic E-state index is 0.00689. The standard InChI is InChI=1S/C33H47NO3/c1-6-9-10-14-20-33(4,5)27-17-18-28(31(23-27)37-24-25-15-12-11-13-16-25)29-22-26(30(35)7-2)19-21-34(29)32(36)8-3/h11-13,15-18,23,26,29H,6-10,14,19-22,24H2,1-5H3/t26-,29+/m1/s1. The van der Waals surface area contributed by atoms with Crippen molar-refractivity contribution in [2.24, 2.45) is 5.92 Å². The Balaban J connectivity index is 1.97. The Bertz CT molecular complexity index is 1010. The van der Waals surface area contributed by atoms with Crippen molar-refractivity contribution in [3.63, 3.8) is 0 Å². The van der Waals surface area contributed by atoms with Crippen molar-refractivity contribution in [3.05, 3.63) is 65.2 Å². The second-order valence-corrected chi connectivity index (χ2v) is 11.2. The number of piperidine rings is 1. The van der Waals surface area contributed by atoms with Crippen LogP contribution in [-0.4, -0.2) is 23.1 Å². The van der Waals surface area contributed by atoms with Crippen LogP contribution in [-0.2, 0) is 21.6 Å². The molecule has 3 rings (SSSR count). The predicted octanol–water partition coefficient (Wildman–Crippen LogP) is 8.18. The number of benzene rings is 2. The van der Waals surface area contributed by atoms with Crippen molar-refractivity contribution in [1.82, 2.24) is 4.90 Å². The van der Waals surface area contributed by atoms with E-state index in [9.17, 15) is 9.59 Å². The summed E-state index contributed by atoms with van der Waals surface area (Å²) >= 11 is 0. The zero-order valence-electron chi connectivity index (χ0n) is 23.7. The Kier molecular flexibility index (Phi) is 10.8. The zero-order chi connectivity index (χ0) is 26.8. The number of ketones is 1. The number of hydrogen-bond donors (Lipinski definition) is 0. The first-order valence-electron chi connectivity index (χ1n) is 14.4. The molecule has 0 saturated carbocycles. The van der Waals surface area contributed by atoms with Crippen molar-refractivity contribution in [3.8, 4) is 5.75 Å². The first-order valence-corrected chi connectivity index (χ1v) is 14.4. The molecule has 1 heterocycles. The Morgan fingerprint density at radius 1 is 0.973 bits per heavy atom. The number of likely N-dealkylation sites (tertiary alicyclic amines) is 1. The molecule has 0 radical (unpaired) electrons. The normalized spacial score (nSPS) is 18.0. The van der Waals surface area contributed by atoms with E-state index in [1.54, 1.807) is 0 Å². The van der Waals surface area contributed by atoms with E-state index in [0.717, 1.165) is 29.7 Å². The highest BCUT2D eigenvalue weighted by atomic mass is 16.5. The topological polar surface area (TPSA) is 46.6 Å². The Hall–Kier alpha value is -2.62. The molecule has 1 fully saturated rings. The lowest BCUT2D eigenvalue weighted by molar-refractivity contribution is -0.138. The van der Waals surface area contributed by atoms with Crippen LogP contribution in [0.5, 0.6) is 5.75 Å². The van der Waals surface area contributed by atoms with Crippen molar-refractivity contribution in [1.29, 1.82) is 0 Å². The number of carbonyl (C=O) groups excluding carboxylic acids is 2. The highest BCUT2D eigenvalue weighted by molar-refractivity contribution is 5.82. The molecule has 202 valence electrons. The molecular formula is C33H47NO3. The number of amides is 1. The summed E-state index contributed by atoms with van der Waals surface area (Å²) < 4.78 is 6.52. The fraction of sp³-hybridized carbons (Fsp3) is 0.576. The molecule has 0 bridgehead atoms. The molecule has 1 amide bonds. The van der Waals surface area contributed by atoms with E-state index in [0.29, 0.717) is 38.2 Å². The molecule has 4 heteroatoms. The molecule has 0 unspecified atom stereocenters. The number of hydrogen-bond acceptors (Lipinski definition) is 3. The largest absolute Gasteiger partial charge is 0.489 e. The van der Waals surface area contributed by atoms with Gasteiger partial charge in [-0.1, -0.05) is 103 Å². The average molecular weight is 506 g/mol. The van der Waals surface area contributed by atoms with Crippen molar-refractivity contribution in [2.75, 3.05) is 6.54 Å². The third-order valence-electron chi connectivity index (χ3n) is 8.08. The maximum Gasteiger partial charge on any atom is 0.222 e. The molecular weight excluding hydrogens is 458 g/mol. The molecule has 0 aromatic heterocycles. The molecule has 2 atom stereocenters. The van der Waals surface area contributed by atoms with Gasteiger partial charge in [0, 0.05) is 30.9 Å². The van der Waals surface area contributed by atoms with Crippen LogP contribution in [0.1, 0.15) is 115 Å². The van der Waals surface area contributed by atoms with Gasteiger partial charge in [-0.25, -0.2) is 0 Å². The first-order chi connectivity index (χ1) is 17.8. The van der Waals surface area contributed by atoms with E-state index in [1.165, 1.54) is 31.2 Å². The van der Waals surface area contributed by atoms with E-state index < -0.39 is 0 Å². The molecule has 1 saturated heterocycles. The number of rotatable bonds is 13. The van der Waals surface area contributed by atoms with E-state index in [4.69, 9.17) is 4.74 Å². The Labute approximate surface area is 224 Å². The van der Waals surface area contributed by atoms with Crippen LogP contribution in [0.3, 0.4) is 0 Å². The molecule has 0 N–H and O–H groups in total. The van der Waals surface area contributed by atoms with E-state index in [1.807, 2.05) is 36.9 Å². The van der Waals surface area contributed by atoms with Gasteiger partial charge in [0.05, 0.1) is 6.04 Å². The van der Waals surface area contributed by atoms with Crippen molar-refractivity contribution in [2.45, 2.75) is 110 Å². The van der Waals surface area contributed by atoms with Crippen LogP contribution < -0.4 is 4.74 Å². The lowest BCUT2D eigenvalue weighted by Crippen LogP contribution is -2.42. The molecule has 4 nitrogen and oxygen atoms in total. The zero-order valence-corrected chi connectivity index (χ0v) is 23.7. The summed E-state index contributed by atoms with van der Waals surface area (Å²) in [7, 11) is 0. The van der Waals surface area contributed by atoms with Crippen molar-refractivity contribution >= 4 is 11.7 Å². The van der Waals surface area contributed by atoms with Crippen LogP contribution in [0, 0.1) is 5.92 Å². The van der Waals surface area contributed by atoms with Gasteiger partial charge in [0.2, 0.25) is 5.91 Å². The summed E-state index contributed by atoms with van der Waals surface area (Å²) in [5.74, 6) is 1.27. The van der Waals surface area contributed by atoms with Crippen LogP contribution in [0.2, 0.25) is 0 Å². The highest BCUT2D eigenvalue weighted by Crippen LogP contribution is 2.42. The maximum absolute atomic E-state index is 13.0. The van der Waals surface area contributed by atoms with Gasteiger partial charge in [0.15, 0.2) is 0 Å². The minimum Gasteiger partial charge on any atom is -0.489 e. The van der Waals surface area contributed by atoms with Gasteiger partial charge in [0.25, 0.3) is 0 Å². The number of ether oxygens (including phenoxy) is 1. The van der Waals surface area contributed by atoms with Crippen LogP contribution >= 0.6 is 0 Å². The van der Waals surface area contributed by atoms with Gasteiger partial charge >= 0.3 is 0 Å². The van der Waals surface area contributed by atoms with Crippen molar-refractivity contribution < 1.29 is 14.3 Å². The van der Waals surface area contributed by atoms with E-state index >= 15 is 0 Å². The lowest BCUT2D eigenvalue weighted by Gasteiger charge is -2.40. The van der Waals surface area contributed by atoms with Gasteiger partial charge in [0.1, 0.15) is 18.1 Å². The minimum atomic E-state index is -0.144. The molecule has 1 aliphatic heterocycles. The Morgan fingerprint density at radius 3 is 2.41 bits per heavy atom. The van der Waals surface area contributed by atoms with Gasteiger partial charge in [-0.05, 0) is 41.9 Å². The fourth-order valence-corrected chi connectivity index (χ4v) is 5.57. The number of Topliss-reactive ketones (excluding diaryl/α,β-unsaturated/α-hetero) is 1. The summed E-state index contributed by atoms with van der Waals surface area (Å²) in [5.41, 5.74) is 3.43. The van der Waals surface area contributed by atoms with Crippen LogP contribution in [0.4, 0.5) is 0 Å². The number of carbonyl (C=O) groups is 2. The number of unbranched alkanes of at least 4 members (excludes halogenated alkanes) is 3. The SMILES string of the molecule is CCCCCCC(C)(C)c1ccc([C@@H]2C[C@H](C(=O)CC)CCN2C(=O)CC)c(OCc2ccccc2)c1. The lowest BCUT2D eigenvalue weighted by atomic mass is 9.78. The molecule has 37 heavy (non-hydrogen) atoms. The third-order valence-corrected chi connectivity index (χ3v) is 8.08. The maximum atomic E-state index is 13.0. The van der Waals surface area contributed by atoms with Gasteiger partial charge in [-0.3, -0.25) is 9.59 Å². The van der Waals surface area contributed by atoms with Crippen LogP contribution in [0.15, 0.2) is 48.5 Å². The summed E-state index contributed by atoms with van der Waals surface area (Å²) in [6.45, 7) is 11.8. The average Bonchev–Trinajstić information content (AvgIpc) is 2.93. The molecule has 2 aromatic carbocycles. The second kappa shape index (κ2) is 13.8. The Morgan fingerprint density at radius 2 is 1.73 bits per heavy atom. The first kappa shape index (κ1) is 28.9. The summed E-state index contributed by atoms with van der Waals surface area (Å²) in [6.07, 6.45) is 8.54. The third kappa shape index (κ3) is 7.69. The summed E-state index contributed by atoms with van der Waals surface area (Å²) in [6, 6.07) is 16.7. The summed E-state index contributed by atoms with van der Waals surface area (Å²) in [4.78, 5) is 27.7. The monoisotopic (exact) mass is 505 g/mol. The highest BCUT2D eigenvalue weighted by Gasteiger charge is 2.36. The smallest absolute Gasteiger partial charge is 0.222 e. The predicted molar refractivity (Wildman–Crippen MR) is 152 cm³/mol. The van der Waals surface area contributed by atoms with Gasteiger partial charge < -0.3 is 9.64 Å². The van der Waals surface area contributed by atoms with Crippen LogP contribution in [0.25, 0.3) is 0 Å². The van der Waals surface area contributed by atoms with E-state index in [-0.39, 0.29) is 23.3 Å². The quantitative estimate of drug-likeness (QED) is 0.258.